The SMILES string of the molecule is CN1CCCN(c2cc([C@H]3CCOC3)nc(N)n2)CC1. The van der Waals surface area contributed by atoms with E-state index in [1.54, 1.807) is 0 Å². The van der Waals surface area contributed by atoms with E-state index in [2.05, 4.69) is 32.9 Å². The molecule has 2 aliphatic rings. The number of likely N-dealkylation sites (N-methyl/N-ethyl adjacent to an activating group) is 1. The average molecular weight is 277 g/mol. The van der Waals surface area contributed by atoms with Crippen LogP contribution >= 0.6 is 0 Å². The summed E-state index contributed by atoms with van der Waals surface area (Å²) in [5.41, 5.74) is 6.93. The van der Waals surface area contributed by atoms with Gasteiger partial charge >= 0.3 is 0 Å². The Kier molecular flexibility index (Phi) is 4.03. The van der Waals surface area contributed by atoms with Crippen LogP contribution in [0.4, 0.5) is 11.8 Å². The third-order valence-corrected chi connectivity index (χ3v) is 4.14. The van der Waals surface area contributed by atoms with E-state index >= 15 is 0 Å². The first-order valence-electron chi connectivity index (χ1n) is 7.38. The first-order valence-corrected chi connectivity index (χ1v) is 7.38. The number of hydrogen-bond donors (Lipinski definition) is 1. The second-order valence-electron chi connectivity index (χ2n) is 5.71. The van der Waals surface area contributed by atoms with E-state index in [4.69, 9.17) is 10.5 Å². The molecule has 2 fully saturated rings. The molecule has 6 nitrogen and oxygen atoms in total. The van der Waals surface area contributed by atoms with Crippen molar-refractivity contribution in [1.29, 1.82) is 0 Å². The summed E-state index contributed by atoms with van der Waals surface area (Å²) >= 11 is 0. The summed E-state index contributed by atoms with van der Waals surface area (Å²) in [5, 5.41) is 0. The minimum atomic E-state index is 0.369. The maximum Gasteiger partial charge on any atom is 0.222 e. The molecule has 0 aromatic carbocycles. The third kappa shape index (κ3) is 3.02. The summed E-state index contributed by atoms with van der Waals surface area (Å²) in [6.07, 6.45) is 2.18. The summed E-state index contributed by atoms with van der Waals surface area (Å²) < 4.78 is 5.45. The Morgan fingerprint density at radius 1 is 1.25 bits per heavy atom. The number of nitrogen functional groups attached to an aromatic ring is 1. The number of anilines is 2. The van der Waals surface area contributed by atoms with Crippen molar-refractivity contribution >= 4 is 11.8 Å². The summed E-state index contributed by atoms with van der Waals surface area (Å²) in [6, 6.07) is 2.10. The Morgan fingerprint density at radius 2 is 2.15 bits per heavy atom. The Labute approximate surface area is 119 Å². The molecule has 2 saturated heterocycles. The van der Waals surface area contributed by atoms with E-state index in [0.717, 1.165) is 63.7 Å². The van der Waals surface area contributed by atoms with Gasteiger partial charge in [-0.25, -0.2) is 4.98 Å². The number of aromatic nitrogens is 2. The van der Waals surface area contributed by atoms with Gasteiger partial charge in [0.2, 0.25) is 5.95 Å². The second-order valence-corrected chi connectivity index (χ2v) is 5.71. The third-order valence-electron chi connectivity index (χ3n) is 4.14. The number of rotatable bonds is 2. The topological polar surface area (TPSA) is 67.5 Å². The Bertz CT molecular complexity index is 461. The van der Waals surface area contributed by atoms with Gasteiger partial charge in [-0.15, -0.1) is 0 Å². The lowest BCUT2D eigenvalue weighted by atomic mass is 10.0. The van der Waals surface area contributed by atoms with Crippen molar-refractivity contribution in [3.63, 3.8) is 0 Å². The molecule has 1 aromatic rings. The number of ether oxygens (including phenoxy) is 1. The molecule has 6 heteroatoms. The van der Waals surface area contributed by atoms with Gasteiger partial charge in [0.15, 0.2) is 0 Å². The van der Waals surface area contributed by atoms with E-state index in [-0.39, 0.29) is 0 Å². The van der Waals surface area contributed by atoms with Crippen LogP contribution in [0.1, 0.15) is 24.5 Å². The molecular weight excluding hydrogens is 254 g/mol. The fourth-order valence-electron chi connectivity index (χ4n) is 2.89. The Balaban J connectivity index is 1.81. The van der Waals surface area contributed by atoms with Crippen LogP contribution < -0.4 is 10.6 Å². The molecule has 20 heavy (non-hydrogen) atoms. The number of nitrogens with zero attached hydrogens (tertiary/aromatic N) is 4. The van der Waals surface area contributed by atoms with Gasteiger partial charge in [0, 0.05) is 38.2 Å². The van der Waals surface area contributed by atoms with Gasteiger partial charge in [-0.3, -0.25) is 0 Å². The van der Waals surface area contributed by atoms with Crippen molar-refractivity contribution in [3.05, 3.63) is 11.8 Å². The number of nitrogens with two attached hydrogens (primary N) is 1. The van der Waals surface area contributed by atoms with Gasteiger partial charge in [-0.2, -0.15) is 4.98 Å². The molecule has 2 aliphatic heterocycles. The van der Waals surface area contributed by atoms with Gasteiger partial charge in [-0.05, 0) is 26.4 Å². The lowest BCUT2D eigenvalue weighted by molar-refractivity contribution is 0.193. The predicted octanol–water partition coefficient (Wildman–Crippen LogP) is 0.705. The number of hydrogen-bond acceptors (Lipinski definition) is 6. The fraction of sp³-hybridized carbons (Fsp3) is 0.714. The predicted molar refractivity (Wildman–Crippen MR) is 78.9 cm³/mol. The molecule has 1 atom stereocenters. The van der Waals surface area contributed by atoms with Gasteiger partial charge < -0.3 is 20.3 Å². The van der Waals surface area contributed by atoms with Crippen LogP contribution in [0.3, 0.4) is 0 Å². The molecule has 3 rings (SSSR count). The fourth-order valence-corrected chi connectivity index (χ4v) is 2.89. The van der Waals surface area contributed by atoms with Gasteiger partial charge in [0.1, 0.15) is 5.82 Å². The zero-order valence-electron chi connectivity index (χ0n) is 12.1. The van der Waals surface area contributed by atoms with Crippen molar-refractivity contribution in [2.75, 3.05) is 57.1 Å². The van der Waals surface area contributed by atoms with E-state index in [1.807, 2.05) is 0 Å². The van der Waals surface area contributed by atoms with Crippen molar-refractivity contribution in [3.8, 4) is 0 Å². The van der Waals surface area contributed by atoms with E-state index in [1.165, 1.54) is 0 Å². The molecule has 0 saturated carbocycles. The van der Waals surface area contributed by atoms with Crippen LogP contribution in [-0.2, 0) is 4.74 Å². The van der Waals surface area contributed by atoms with Gasteiger partial charge in [-0.1, -0.05) is 0 Å². The van der Waals surface area contributed by atoms with E-state index in [0.29, 0.717) is 11.9 Å². The molecule has 3 heterocycles. The zero-order chi connectivity index (χ0) is 13.9. The average Bonchev–Trinajstić information content (AvgIpc) is 2.88. The highest BCUT2D eigenvalue weighted by Crippen LogP contribution is 2.27. The monoisotopic (exact) mass is 277 g/mol. The van der Waals surface area contributed by atoms with Crippen LogP contribution in [0.15, 0.2) is 6.07 Å². The highest BCUT2D eigenvalue weighted by Gasteiger charge is 2.22. The van der Waals surface area contributed by atoms with Crippen molar-refractivity contribution in [2.24, 2.45) is 0 Å². The van der Waals surface area contributed by atoms with Crippen LogP contribution in [0.25, 0.3) is 0 Å². The minimum Gasteiger partial charge on any atom is -0.381 e. The molecule has 2 N–H and O–H groups in total. The summed E-state index contributed by atoms with van der Waals surface area (Å²) in [6.45, 7) is 5.79. The largest absolute Gasteiger partial charge is 0.381 e. The van der Waals surface area contributed by atoms with Crippen LogP contribution in [0.2, 0.25) is 0 Å². The van der Waals surface area contributed by atoms with Crippen molar-refractivity contribution in [2.45, 2.75) is 18.8 Å². The molecule has 110 valence electrons. The molecule has 0 spiro atoms. The summed E-state index contributed by atoms with van der Waals surface area (Å²) in [5.74, 6) is 1.71. The summed E-state index contributed by atoms with van der Waals surface area (Å²) in [4.78, 5) is 13.5. The molecule has 0 amide bonds. The zero-order valence-corrected chi connectivity index (χ0v) is 12.1. The molecule has 0 radical (unpaired) electrons. The maximum atomic E-state index is 5.90. The lowest BCUT2D eigenvalue weighted by Gasteiger charge is -2.22. The molecule has 1 aromatic heterocycles. The lowest BCUT2D eigenvalue weighted by Crippen LogP contribution is -2.29. The quantitative estimate of drug-likeness (QED) is 0.858. The van der Waals surface area contributed by atoms with Crippen molar-refractivity contribution in [1.82, 2.24) is 14.9 Å². The molecule has 0 bridgehead atoms. The van der Waals surface area contributed by atoms with Crippen LogP contribution in [0, 0.1) is 0 Å². The molecular formula is C14H23N5O. The van der Waals surface area contributed by atoms with Gasteiger partial charge in [0.05, 0.1) is 12.3 Å². The van der Waals surface area contributed by atoms with Crippen LogP contribution in [-0.4, -0.2) is 61.3 Å². The highest BCUT2D eigenvalue weighted by molar-refractivity contribution is 5.44. The first-order chi connectivity index (χ1) is 9.72. The normalized spacial score (nSPS) is 24.9. The second kappa shape index (κ2) is 5.93. The standard InChI is InChI=1S/C14H23N5O/c1-18-4-2-5-19(7-6-18)13-9-12(16-14(15)17-13)11-3-8-20-10-11/h9,11H,2-8,10H2,1H3,(H2,15,16,17)/t11-/m0/s1. The smallest absolute Gasteiger partial charge is 0.222 e. The molecule has 0 unspecified atom stereocenters. The summed E-state index contributed by atoms with van der Waals surface area (Å²) in [7, 11) is 2.17. The maximum absolute atomic E-state index is 5.90. The highest BCUT2D eigenvalue weighted by atomic mass is 16.5. The Hall–Kier alpha value is -1.40. The van der Waals surface area contributed by atoms with E-state index in [9.17, 15) is 0 Å². The van der Waals surface area contributed by atoms with E-state index < -0.39 is 0 Å². The Morgan fingerprint density at radius 3 is 2.95 bits per heavy atom. The van der Waals surface area contributed by atoms with Crippen LogP contribution in [0.5, 0.6) is 0 Å². The minimum absolute atomic E-state index is 0.369. The van der Waals surface area contributed by atoms with Gasteiger partial charge in [0.25, 0.3) is 0 Å². The molecule has 0 aliphatic carbocycles. The first kappa shape index (κ1) is 13.6. The van der Waals surface area contributed by atoms with Crippen molar-refractivity contribution < 1.29 is 4.74 Å².